The molecule has 34 heavy (non-hydrogen) atoms. The summed E-state index contributed by atoms with van der Waals surface area (Å²) in [5.41, 5.74) is 0.670. The molecule has 4 nitrogen and oxygen atoms in total. The highest BCUT2D eigenvalue weighted by atomic mass is 16.4. The van der Waals surface area contributed by atoms with Crippen molar-refractivity contribution in [1.29, 1.82) is 0 Å². The van der Waals surface area contributed by atoms with Gasteiger partial charge in [-0.15, -0.1) is 0 Å². The summed E-state index contributed by atoms with van der Waals surface area (Å²) in [6, 6.07) is 0. The van der Waals surface area contributed by atoms with Gasteiger partial charge in [0.05, 0.1) is 18.1 Å². The molecular weight excluding hydrogens is 424 g/mol. The summed E-state index contributed by atoms with van der Waals surface area (Å²) in [7, 11) is 0. The Bertz CT molecular complexity index is 896. The number of aliphatic hydroxyl groups excluding tert-OH is 2. The van der Waals surface area contributed by atoms with Crippen molar-refractivity contribution in [2.45, 2.75) is 105 Å². The minimum atomic E-state index is -0.591. The molecule has 0 aromatic heterocycles. The summed E-state index contributed by atoms with van der Waals surface area (Å²) >= 11 is 0. The van der Waals surface area contributed by atoms with E-state index in [1.165, 1.54) is 5.57 Å². The summed E-state index contributed by atoms with van der Waals surface area (Å²) in [6.07, 6.45) is 10.6. The number of fused-ring (bicyclic) bond motifs is 7. The van der Waals surface area contributed by atoms with Crippen molar-refractivity contribution in [2.24, 2.45) is 56.7 Å². The second kappa shape index (κ2) is 7.57. The maximum Gasteiger partial charge on any atom is 0.310 e. The molecule has 0 aliphatic heterocycles. The third kappa shape index (κ3) is 2.76. The number of hydrogen-bond acceptors (Lipinski definition) is 3. The third-order valence-electron chi connectivity index (χ3n) is 13.5. The van der Waals surface area contributed by atoms with Gasteiger partial charge in [0.1, 0.15) is 0 Å². The fourth-order valence-electron chi connectivity index (χ4n) is 10.9. The predicted octanol–water partition coefficient (Wildman–Crippen LogP) is 6.06. The fourth-order valence-corrected chi connectivity index (χ4v) is 10.9. The molecule has 192 valence electrons. The smallest absolute Gasteiger partial charge is 0.310 e. The molecule has 5 aliphatic rings. The Morgan fingerprint density at radius 1 is 0.971 bits per heavy atom. The average Bonchev–Trinajstić information content (AvgIpc) is 2.79. The topological polar surface area (TPSA) is 77.8 Å². The molecule has 0 heterocycles. The lowest BCUT2D eigenvalue weighted by Gasteiger charge is -2.71. The van der Waals surface area contributed by atoms with E-state index in [1.54, 1.807) is 0 Å². The molecule has 0 saturated heterocycles. The second-order valence-corrected chi connectivity index (χ2v) is 14.3. The van der Waals surface area contributed by atoms with Crippen molar-refractivity contribution in [3.8, 4) is 0 Å². The molecule has 0 unspecified atom stereocenters. The maximum atomic E-state index is 12.8. The molecular formula is C30H48O4. The molecule has 4 fully saturated rings. The van der Waals surface area contributed by atoms with Crippen molar-refractivity contribution in [2.75, 3.05) is 6.61 Å². The van der Waals surface area contributed by atoms with E-state index in [9.17, 15) is 20.1 Å². The van der Waals surface area contributed by atoms with Gasteiger partial charge in [-0.2, -0.15) is 0 Å². The van der Waals surface area contributed by atoms with Crippen LogP contribution in [0.1, 0.15) is 99.3 Å². The van der Waals surface area contributed by atoms with Crippen LogP contribution in [0.3, 0.4) is 0 Å². The van der Waals surface area contributed by atoms with Crippen LogP contribution in [0.15, 0.2) is 11.6 Å². The standard InChI is InChI=1S/C30H48O4/c1-18-9-14-30(25(33)34)16-15-28(5)20(24(30)19(18)2)7-8-22-26(3)12-11-23(32)27(4,17-31)21(26)10-13-29(22,28)6/h7,18-19,21-24,31-32H,8-17H2,1-6H3,(H,33,34)/t18-,19-,21+,22+,23-,24-,26-,27-,28+,29+,30-/m0/s1. The monoisotopic (exact) mass is 472 g/mol. The summed E-state index contributed by atoms with van der Waals surface area (Å²) in [5.74, 6) is 1.35. The van der Waals surface area contributed by atoms with Crippen molar-refractivity contribution in [3.05, 3.63) is 11.6 Å². The summed E-state index contributed by atoms with van der Waals surface area (Å²) in [6.45, 7) is 14.3. The van der Waals surface area contributed by atoms with Crippen LogP contribution in [-0.4, -0.2) is 34.0 Å². The zero-order valence-corrected chi connectivity index (χ0v) is 22.4. The lowest BCUT2D eigenvalue weighted by molar-refractivity contribution is -0.217. The number of carboxylic acid groups (broad SMARTS) is 1. The highest BCUT2D eigenvalue weighted by Crippen LogP contribution is 2.75. The molecule has 0 bridgehead atoms. The van der Waals surface area contributed by atoms with Crippen LogP contribution >= 0.6 is 0 Å². The molecule has 4 heteroatoms. The van der Waals surface area contributed by atoms with Gasteiger partial charge in [0.2, 0.25) is 0 Å². The van der Waals surface area contributed by atoms with E-state index >= 15 is 0 Å². The van der Waals surface area contributed by atoms with Crippen LogP contribution in [0.4, 0.5) is 0 Å². The number of aliphatic hydroxyl groups is 2. The Kier molecular flexibility index (Phi) is 5.52. The molecule has 0 aromatic carbocycles. The molecule has 0 amide bonds. The fraction of sp³-hybridized carbons (Fsp3) is 0.900. The van der Waals surface area contributed by atoms with Crippen LogP contribution in [0.2, 0.25) is 0 Å². The number of carbonyl (C=O) groups is 1. The lowest BCUT2D eigenvalue weighted by Crippen LogP contribution is -2.66. The predicted molar refractivity (Wildman–Crippen MR) is 134 cm³/mol. The van der Waals surface area contributed by atoms with E-state index in [4.69, 9.17) is 0 Å². The molecule has 11 atom stereocenters. The van der Waals surface area contributed by atoms with Gasteiger partial charge >= 0.3 is 5.97 Å². The number of carboxylic acids is 1. The van der Waals surface area contributed by atoms with Gasteiger partial charge in [0, 0.05) is 5.41 Å². The van der Waals surface area contributed by atoms with Crippen LogP contribution < -0.4 is 0 Å². The van der Waals surface area contributed by atoms with E-state index in [2.05, 4.69) is 47.6 Å². The van der Waals surface area contributed by atoms with Crippen LogP contribution in [-0.2, 0) is 4.79 Å². The summed E-state index contributed by atoms with van der Waals surface area (Å²) < 4.78 is 0. The summed E-state index contributed by atoms with van der Waals surface area (Å²) in [5, 5.41) is 31.9. The number of hydrogen-bond donors (Lipinski definition) is 3. The molecule has 0 radical (unpaired) electrons. The minimum absolute atomic E-state index is 0.0184. The van der Waals surface area contributed by atoms with Gasteiger partial charge < -0.3 is 15.3 Å². The molecule has 0 spiro atoms. The van der Waals surface area contributed by atoms with Crippen molar-refractivity contribution >= 4 is 5.97 Å². The first-order valence-corrected chi connectivity index (χ1v) is 14.0. The minimum Gasteiger partial charge on any atom is -0.481 e. The molecule has 4 saturated carbocycles. The van der Waals surface area contributed by atoms with E-state index in [0.717, 1.165) is 57.8 Å². The van der Waals surface area contributed by atoms with Crippen molar-refractivity contribution in [3.63, 3.8) is 0 Å². The van der Waals surface area contributed by atoms with E-state index in [0.29, 0.717) is 23.7 Å². The Morgan fingerprint density at radius 2 is 1.68 bits per heavy atom. The normalized spacial score (nSPS) is 56.9. The number of aliphatic carboxylic acids is 1. The third-order valence-corrected chi connectivity index (χ3v) is 13.5. The average molecular weight is 473 g/mol. The van der Waals surface area contributed by atoms with Gasteiger partial charge in [0.15, 0.2) is 0 Å². The maximum absolute atomic E-state index is 12.8. The largest absolute Gasteiger partial charge is 0.481 e. The van der Waals surface area contributed by atoms with Crippen LogP contribution in [0.5, 0.6) is 0 Å². The second-order valence-electron chi connectivity index (χ2n) is 14.3. The first-order valence-electron chi connectivity index (χ1n) is 14.0. The SMILES string of the molecule is C[C@@H]1[C@H]2C3=CC[C@@H]4[C@@]5(C)CC[C@H](O)[C@@](C)(CO)[C@@H]5CC[C@@]4(C)[C@]3(C)CC[C@@]2(C(=O)O)CC[C@@H]1C. The van der Waals surface area contributed by atoms with Crippen molar-refractivity contribution in [1.82, 2.24) is 0 Å². The quantitative estimate of drug-likeness (QED) is 0.427. The van der Waals surface area contributed by atoms with Gasteiger partial charge in [0.25, 0.3) is 0 Å². The molecule has 5 rings (SSSR count). The Labute approximate surface area is 206 Å². The van der Waals surface area contributed by atoms with Gasteiger partial charge in [-0.3, -0.25) is 4.79 Å². The number of allylic oxidation sites excluding steroid dienone is 2. The lowest BCUT2D eigenvalue weighted by atomic mass is 9.33. The van der Waals surface area contributed by atoms with Gasteiger partial charge in [-0.05, 0) is 104 Å². The van der Waals surface area contributed by atoms with Gasteiger partial charge in [-0.1, -0.05) is 53.2 Å². The zero-order chi connectivity index (χ0) is 24.9. The van der Waals surface area contributed by atoms with E-state index in [1.807, 2.05) is 0 Å². The van der Waals surface area contributed by atoms with Crippen LogP contribution in [0.25, 0.3) is 0 Å². The Balaban J connectivity index is 1.61. The van der Waals surface area contributed by atoms with E-state index in [-0.39, 0.29) is 28.8 Å². The number of rotatable bonds is 2. The first kappa shape index (κ1) is 24.8. The van der Waals surface area contributed by atoms with Crippen LogP contribution in [0, 0.1) is 56.7 Å². The Hall–Kier alpha value is -0.870. The molecule has 3 N–H and O–H groups in total. The van der Waals surface area contributed by atoms with Gasteiger partial charge in [-0.25, -0.2) is 0 Å². The molecule has 0 aromatic rings. The first-order chi connectivity index (χ1) is 15.8. The zero-order valence-electron chi connectivity index (χ0n) is 22.4. The highest BCUT2D eigenvalue weighted by molar-refractivity contribution is 5.76. The Morgan fingerprint density at radius 3 is 2.32 bits per heavy atom. The summed E-state index contributed by atoms with van der Waals surface area (Å²) in [4.78, 5) is 12.8. The van der Waals surface area contributed by atoms with E-state index < -0.39 is 22.9 Å². The molecule has 5 aliphatic carbocycles. The highest BCUT2D eigenvalue weighted by Gasteiger charge is 2.69. The van der Waals surface area contributed by atoms with Crippen molar-refractivity contribution < 1.29 is 20.1 Å².